The van der Waals surface area contributed by atoms with E-state index in [9.17, 15) is 4.79 Å². The van der Waals surface area contributed by atoms with Crippen molar-refractivity contribution in [2.45, 2.75) is 33.4 Å². The third-order valence-corrected chi connectivity index (χ3v) is 3.82. The first-order chi connectivity index (χ1) is 12.4. The lowest BCUT2D eigenvalue weighted by atomic mass is 10.2. The molecule has 26 heavy (non-hydrogen) atoms. The predicted molar refractivity (Wildman–Crippen MR) is 102 cm³/mol. The van der Waals surface area contributed by atoms with E-state index in [-0.39, 0.29) is 18.5 Å². The van der Waals surface area contributed by atoms with Gasteiger partial charge in [0.25, 0.3) is 0 Å². The van der Waals surface area contributed by atoms with Gasteiger partial charge in [0.2, 0.25) is 5.91 Å². The highest BCUT2D eigenvalue weighted by Gasteiger charge is 2.13. The minimum atomic E-state index is -0.0761. The molecule has 0 spiro atoms. The van der Waals surface area contributed by atoms with Crippen LogP contribution in [0.4, 0.5) is 5.82 Å². The van der Waals surface area contributed by atoms with Crippen LogP contribution in [-0.2, 0) is 11.3 Å². The Morgan fingerprint density at radius 3 is 2.73 bits per heavy atom. The third kappa shape index (κ3) is 5.23. The highest BCUT2D eigenvalue weighted by Crippen LogP contribution is 2.28. The molecular weight excluding hydrogens is 332 g/mol. The van der Waals surface area contributed by atoms with Crippen LogP contribution in [0, 0.1) is 0 Å². The van der Waals surface area contributed by atoms with Gasteiger partial charge in [0.05, 0.1) is 26.5 Å². The van der Waals surface area contributed by atoms with E-state index < -0.39 is 0 Å². The molecule has 0 atom stereocenters. The van der Waals surface area contributed by atoms with Crippen LogP contribution in [0.3, 0.4) is 0 Å². The van der Waals surface area contributed by atoms with Crippen LogP contribution in [0.1, 0.15) is 32.4 Å². The molecule has 1 amide bonds. The Morgan fingerprint density at radius 1 is 1.31 bits per heavy atom. The van der Waals surface area contributed by atoms with Crippen LogP contribution in [0.2, 0.25) is 0 Å². The van der Waals surface area contributed by atoms with Crippen molar-refractivity contribution >= 4 is 11.7 Å². The summed E-state index contributed by atoms with van der Waals surface area (Å²) in [6.45, 7) is 7.47. The Bertz CT molecular complexity index is 727. The summed E-state index contributed by atoms with van der Waals surface area (Å²) in [6.07, 6.45) is 1.69. The van der Waals surface area contributed by atoms with Gasteiger partial charge in [-0.25, -0.2) is 4.68 Å². The number of carbonyl (C=O) groups excluding carboxylic acids is 1. The molecule has 0 saturated carbocycles. The number of amides is 1. The van der Waals surface area contributed by atoms with Crippen LogP contribution in [0.25, 0.3) is 0 Å². The monoisotopic (exact) mass is 360 g/mol. The zero-order valence-electron chi connectivity index (χ0n) is 16.2. The number of hydrogen-bond acceptors (Lipinski definition) is 5. The Labute approximate surface area is 154 Å². The van der Waals surface area contributed by atoms with Crippen molar-refractivity contribution in [1.82, 2.24) is 14.7 Å². The van der Waals surface area contributed by atoms with Gasteiger partial charge < -0.3 is 14.8 Å². The number of aromatic nitrogens is 2. The van der Waals surface area contributed by atoms with Gasteiger partial charge in [-0.05, 0) is 45.5 Å². The number of benzene rings is 1. The summed E-state index contributed by atoms with van der Waals surface area (Å²) in [6, 6.07) is 7.81. The van der Waals surface area contributed by atoms with Crippen molar-refractivity contribution in [3.05, 3.63) is 36.0 Å². The molecule has 0 aliphatic rings. The smallest absolute Gasteiger partial charge is 0.239 e. The van der Waals surface area contributed by atoms with Crippen molar-refractivity contribution < 1.29 is 14.3 Å². The molecule has 0 saturated heterocycles. The number of carbonyl (C=O) groups is 1. The van der Waals surface area contributed by atoms with E-state index in [0.717, 1.165) is 11.3 Å². The Balaban J connectivity index is 1.94. The number of anilines is 1. The molecule has 7 nitrogen and oxygen atoms in total. The number of hydrogen-bond donors (Lipinski definition) is 1. The first kappa shape index (κ1) is 19.8. The van der Waals surface area contributed by atoms with Crippen molar-refractivity contribution in [3.63, 3.8) is 0 Å². The molecule has 1 heterocycles. The van der Waals surface area contributed by atoms with E-state index in [4.69, 9.17) is 9.47 Å². The molecule has 7 heteroatoms. The van der Waals surface area contributed by atoms with Crippen molar-refractivity contribution in [2.24, 2.45) is 0 Å². The van der Waals surface area contributed by atoms with Crippen LogP contribution in [0.15, 0.2) is 30.5 Å². The lowest BCUT2D eigenvalue weighted by Crippen LogP contribution is -2.30. The lowest BCUT2D eigenvalue weighted by molar-refractivity contribution is -0.117. The molecule has 142 valence electrons. The molecule has 1 aromatic carbocycles. The Hall–Kier alpha value is -2.54. The van der Waals surface area contributed by atoms with Gasteiger partial charge in [-0.2, -0.15) is 5.10 Å². The number of rotatable bonds is 9. The van der Waals surface area contributed by atoms with Gasteiger partial charge in [-0.3, -0.25) is 9.69 Å². The molecule has 0 unspecified atom stereocenters. The second kappa shape index (κ2) is 9.24. The molecule has 2 rings (SSSR count). The van der Waals surface area contributed by atoms with Gasteiger partial charge >= 0.3 is 0 Å². The maximum absolute atomic E-state index is 12.3. The van der Waals surface area contributed by atoms with Gasteiger partial charge in [0.15, 0.2) is 11.5 Å². The second-order valence-corrected chi connectivity index (χ2v) is 6.39. The third-order valence-electron chi connectivity index (χ3n) is 3.82. The number of ether oxygens (including phenoxy) is 2. The van der Waals surface area contributed by atoms with E-state index >= 15 is 0 Å². The normalized spacial score (nSPS) is 11.0. The second-order valence-electron chi connectivity index (χ2n) is 6.39. The average molecular weight is 360 g/mol. The van der Waals surface area contributed by atoms with Gasteiger partial charge in [0, 0.05) is 18.7 Å². The maximum atomic E-state index is 12.3. The summed E-state index contributed by atoms with van der Waals surface area (Å²) in [7, 11) is 3.53. The van der Waals surface area contributed by atoms with Crippen LogP contribution >= 0.6 is 0 Å². The SMILES string of the molecule is CCOc1ccc(CN(C)CC(=O)Nc2ccnn2C(C)C)cc1OC. The fourth-order valence-corrected chi connectivity index (χ4v) is 2.70. The highest BCUT2D eigenvalue weighted by atomic mass is 16.5. The van der Waals surface area contributed by atoms with Gasteiger partial charge in [-0.1, -0.05) is 6.07 Å². The summed E-state index contributed by atoms with van der Waals surface area (Å²) in [5.74, 6) is 2.05. The molecule has 0 aliphatic carbocycles. The Morgan fingerprint density at radius 2 is 2.08 bits per heavy atom. The van der Waals surface area contributed by atoms with Crippen molar-refractivity contribution in [3.8, 4) is 11.5 Å². The zero-order valence-corrected chi connectivity index (χ0v) is 16.2. The number of methoxy groups -OCH3 is 1. The largest absolute Gasteiger partial charge is 0.493 e. The van der Waals surface area contributed by atoms with Crippen molar-refractivity contribution in [1.29, 1.82) is 0 Å². The zero-order chi connectivity index (χ0) is 19.1. The molecule has 2 aromatic rings. The van der Waals surface area contributed by atoms with E-state index in [1.54, 1.807) is 24.1 Å². The molecule has 0 radical (unpaired) electrons. The summed E-state index contributed by atoms with van der Waals surface area (Å²) in [4.78, 5) is 14.3. The van der Waals surface area contributed by atoms with E-state index in [0.29, 0.717) is 24.7 Å². The number of nitrogens with zero attached hydrogens (tertiary/aromatic N) is 3. The van der Waals surface area contributed by atoms with Crippen LogP contribution in [0.5, 0.6) is 11.5 Å². The maximum Gasteiger partial charge on any atom is 0.239 e. The molecule has 0 bridgehead atoms. The summed E-state index contributed by atoms with van der Waals surface area (Å²) in [5.41, 5.74) is 1.05. The predicted octanol–water partition coefficient (Wildman–Crippen LogP) is 2.94. The minimum Gasteiger partial charge on any atom is -0.493 e. The summed E-state index contributed by atoms with van der Waals surface area (Å²) >= 11 is 0. The number of likely N-dealkylation sites (N-methyl/N-ethyl adjacent to an activating group) is 1. The van der Waals surface area contributed by atoms with E-state index in [1.807, 2.05) is 50.9 Å². The molecule has 0 aliphatic heterocycles. The van der Waals surface area contributed by atoms with E-state index in [2.05, 4.69) is 10.4 Å². The average Bonchev–Trinajstić information content (AvgIpc) is 3.04. The van der Waals surface area contributed by atoms with E-state index in [1.165, 1.54) is 0 Å². The molecule has 0 fully saturated rings. The quantitative estimate of drug-likeness (QED) is 0.745. The number of nitrogens with one attached hydrogen (secondary N) is 1. The standard InChI is InChI=1S/C19H28N4O3/c1-6-26-16-8-7-15(11-17(16)25-5)12-22(4)13-19(24)21-18-9-10-20-23(18)14(2)3/h7-11,14H,6,12-13H2,1-5H3,(H,21,24). The first-order valence-electron chi connectivity index (χ1n) is 8.76. The minimum absolute atomic E-state index is 0.0761. The molecular formula is C19H28N4O3. The topological polar surface area (TPSA) is 68.6 Å². The van der Waals surface area contributed by atoms with Gasteiger partial charge in [-0.15, -0.1) is 0 Å². The molecule has 1 N–H and O–H groups in total. The molecule has 1 aromatic heterocycles. The Kier molecular flexibility index (Phi) is 7.03. The van der Waals surface area contributed by atoms with Crippen LogP contribution in [-0.4, -0.2) is 47.9 Å². The van der Waals surface area contributed by atoms with Crippen molar-refractivity contribution in [2.75, 3.05) is 32.6 Å². The summed E-state index contributed by atoms with van der Waals surface area (Å²) in [5, 5.41) is 7.13. The van der Waals surface area contributed by atoms with Gasteiger partial charge in [0.1, 0.15) is 5.82 Å². The summed E-state index contributed by atoms with van der Waals surface area (Å²) < 4.78 is 12.7. The fourth-order valence-electron chi connectivity index (χ4n) is 2.70. The van der Waals surface area contributed by atoms with Crippen LogP contribution < -0.4 is 14.8 Å². The lowest BCUT2D eigenvalue weighted by Gasteiger charge is -2.18. The first-order valence-corrected chi connectivity index (χ1v) is 8.76. The fraction of sp³-hybridized carbons (Fsp3) is 0.474. The highest BCUT2D eigenvalue weighted by molar-refractivity contribution is 5.91.